The van der Waals surface area contributed by atoms with E-state index < -0.39 is 0 Å². The Hall–Kier alpha value is -2.34. The molecular formula is C15H14ClN5O. The fourth-order valence-corrected chi connectivity index (χ4v) is 2.70. The van der Waals surface area contributed by atoms with Gasteiger partial charge in [-0.1, -0.05) is 11.6 Å². The summed E-state index contributed by atoms with van der Waals surface area (Å²) in [6.07, 6.45) is 5.76. The zero-order valence-electron chi connectivity index (χ0n) is 12.0. The number of nitrogens with one attached hydrogen (secondary N) is 1. The Kier molecular flexibility index (Phi) is 3.11. The van der Waals surface area contributed by atoms with Crippen molar-refractivity contribution in [1.29, 1.82) is 0 Å². The van der Waals surface area contributed by atoms with E-state index in [1.165, 1.54) is 12.8 Å². The molecule has 22 heavy (non-hydrogen) atoms. The van der Waals surface area contributed by atoms with Crippen LogP contribution < -0.4 is 10.1 Å². The van der Waals surface area contributed by atoms with Gasteiger partial charge in [0.1, 0.15) is 12.1 Å². The molecule has 0 saturated heterocycles. The van der Waals surface area contributed by atoms with Gasteiger partial charge in [0, 0.05) is 11.7 Å². The highest BCUT2D eigenvalue weighted by atomic mass is 35.5. The number of aromatic nitrogens is 4. The molecule has 1 aliphatic carbocycles. The van der Waals surface area contributed by atoms with Crippen LogP contribution in [0.3, 0.4) is 0 Å². The SMILES string of the molecule is COc1ccc(Nc2ncnc3c2ncn3C2CC2)cc1Cl. The number of nitrogens with zero attached hydrogens (tertiary/aromatic N) is 4. The zero-order valence-corrected chi connectivity index (χ0v) is 12.7. The Morgan fingerprint density at radius 2 is 2.14 bits per heavy atom. The summed E-state index contributed by atoms with van der Waals surface area (Å²) in [7, 11) is 1.59. The van der Waals surface area contributed by atoms with Crippen molar-refractivity contribution in [2.24, 2.45) is 0 Å². The lowest BCUT2D eigenvalue weighted by molar-refractivity contribution is 0.415. The third kappa shape index (κ3) is 2.25. The monoisotopic (exact) mass is 315 g/mol. The molecule has 3 aromatic rings. The maximum atomic E-state index is 6.15. The lowest BCUT2D eigenvalue weighted by atomic mass is 10.3. The fraction of sp³-hybridized carbons (Fsp3) is 0.267. The number of benzene rings is 1. The second kappa shape index (κ2) is 5.14. The van der Waals surface area contributed by atoms with E-state index in [0.29, 0.717) is 22.6 Å². The summed E-state index contributed by atoms with van der Waals surface area (Å²) >= 11 is 6.15. The first-order valence-corrected chi connectivity index (χ1v) is 7.42. The minimum Gasteiger partial charge on any atom is -0.495 e. The topological polar surface area (TPSA) is 64.9 Å². The summed E-state index contributed by atoms with van der Waals surface area (Å²) in [4.78, 5) is 13.1. The van der Waals surface area contributed by atoms with Crippen LogP contribution in [-0.4, -0.2) is 26.6 Å². The molecule has 2 heterocycles. The number of hydrogen-bond acceptors (Lipinski definition) is 5. The second-order valence-electron chi connectivity index (χ2n) is 5.25. The molecule has 6 nitrogen and oxygen atoms in total. The maximum absolute atomic E-state index is 6.15. The van der Waals surface area contributed by atoms with Crippen LogP contribution in [0, 0.1) is 0 Å². The summed E-state index contributed by atoms with van der Waals surface area (Å²) < 4.78 is 7.27. The largest absolute Gasteiger partial charge is 0.495 e. The third-order valence-corrected chi connectivity index (χ3v) is 4.01. The van der Waals surface area contributed by atoms with Gasteiger partial charge in [-0.25, -0.2) is 15.0 Å². The normalized spacial score (nSPS) is 14.3. The summed E-state index contributed by atoms with van der Waals surface area (Å²) in [5.74, 6) is 1.31. The zero-order chi connectivity index (χ0) is 15.1. The number of imidazole rings is 1. The van der Waals surface area contributed by atoms with E-state index in [1.54, 1.807) is 19.5 Å². The summed E-state index contributed by atoms with van der Waals surface area (Å²) in [6.45, 7) is 0. The molecule has 0 spiro atoms. The first kappa shape index (κ1) is 13.3. The molecule has 0 amide bonds. The predicted octanol–water partition coefficient (Wildman–Crippen LogP) is 3.57. The van der Waals surface area contributed by atoms with Crippen LogP contribution in [0.4, 0.5) is 11.5 Å². The first-order chi connectivity index (χ1) is 10.8. The first-order valence-electron chi connectivity index (χ1n) is 7.04. The Bertz CT molecular complexity index is 843. The number of anilines is 2. The van der Waals surface area contributed by atoms with Gasteiger partial charge in [0.15, 0.2) is 17.0 Å². The lowest BCUT2D eigenvalue weighted by Gasteiger charge is -2.08. The molecule has 1 aliphatic rings. The van der Waals surface area contributed by atoms with Crippen molar-refractivity contribution in [1.82, 2.24) is 19.5 Å². The van der Waals surface area contributed by atoms with Gasteiger partial charge >= 0.3 is 0 Å². The van der Waals surface area contributed by atoms with Crippen LogP contribution in [0.2, 0.25) is 5.02 Å². The van der Waals surface area contributed by atoms with Gasteiger partial charge in [-0.3, -0.25) is 0 Å². The highest BCUT2D eigenvalue weighted by Gasteiger charge is 2.26. The van der Waals surface area contributed by atoms with E-state index in [1.807, 2.05) is 18.5 Å². The Morgan fingerprint density at radius 1 is 1.27 bits per heavy atom. The van der Waals surface area contributed by atoms with Crippen molar-refractivity contribution in [3.05, 3.63) is 35.9 Å². The van der Waals surface area contributed by atoms with E-state index in [2.05, 4.69) is 24.8 Å². The van der Waals surface area contributed by atoms with E-state index in [-0.39, 0.29) is 0 Å². The molecule has 0 unspecified atom stereocenters. The summed E-state index contributed by atoms with van der Waals surface area (Å²) in [5.41, 5.74) is 2.45. The molecule has 1 fully saturated rings. The quantitative estimate of drug-likeness (QED) is 0.797. The van der Waals surface area contributed by atoms with Crippen molar-refractivity contribution in [2.45, 2.75) is 18.9 Å². The molecule has 0 atom stereocenters. The van der Waals surface area contributed by atoms with Gasteiger partial charge in [-0.2, -0.15) is 0 Å². The minimum atomic E-state index is 0.531. The molecule has 0 bridgehead atoms. The Morgan fingerprint density at radius 3 is 2.86 bits per heavy atom. The van der Waals surface area contributed by atoms with Gasteiger partial charge in [0.05, 0.1) is 18.5 Å². The second-order valence-corrected chi connectivity index (χ2v) is 5.66. The Labute approximate surface area is 132 Å². The molecule has 1 N–H and O–H groups in total. The highest BCUT2D eigenvalue weighted by molar-refractivity contribution is 6.32. The number of methoxy groups -OCH3 is 1. The third-order valence-electron chi connectivity index (χ3n) is 3.71. The van der Waals surface area contributed by atoms with Crippen molar-refractivity contribution < 1.29 is 4.74 Å². The lowest BCUT2D eigenvalue weighted by Crippen LogP contribution is -1.98. The average Bonchev–Trinajstić information content (AvgIpc) is 3.27. The number of hydrogen-bond donors (Lipinski definition) is 1. The van der Waals surface area contributed by atoms with Crippen LogP contribution in [0.15, 0.2) is 30.9 Å². The van der Waals surface area contributed by atoms with E-state index in [0.717, 1.165) is 16.9 Å². The molecule has 0 radical (unpaired) electrons. The molecule has 2 aromatic heterocycles. The predicted molar refractivity (Wildman–Crippen MR) is 84.9 cm³/mol. The average molecular weight is 316 g/mol. The smallest absolute Gasteiger partial charge is 0.165 e. The van der Waals surface area contributed by atoms with Crippen LogP contribution in [0.25, 0.3) is 11.2 Å². The van der Waals surface area contributed by atoms with Gasteiger partial charge in [0.2, 0.25) is 0 Å². The number of ether oxygens (including phenoxy) is 1. The van der Waals surface area contributed by atoms with E-state index in [4.69, 9.17) is 16.3 Å². The van der Waals surface area contributed by atoms with Crippen molar-refractivity contribution >= 4 is 34.3 Å². The summed E-state index contributed by atoms with van der Waals surface area (Å²) in [5, 5.41) is 3.79. The Balaban J connectivity index is 1.70. The standard InChI is InChI=1S/C15H14ClN5O/c1-22-12-5-2-9(6-11(12)16)20-14-13-15(18-7-17-14)21(8-19-13)10-3-4-10/h2,5-8,10H,3-4H2,1H3,(H,17,18,20). The van der Waals surface area contributed by atoms with Crippen LogP contribution >= 0.6 is 11.6 Å². The van der Waals surface area contributed by atoms with Gasteiger partial charge in [-0.15, -0.1) is 0 Å². The van der Waals surface area contributed by atoms with E-state index >= 15 is 0 Å². The van der Waals surface area contributed by atoms with Crippen molar-refractivity contribution in [2.75, 3.05) is 12.4 Å². The molecule has 4 rings (SSSR count). The number of halogens is 1. The van der Waals surface area contributed by atoms with Crippen molar-refractivity contribution in [3.8, 4) is 5.75 Å². The molecule has 1 aromatic carbocycles. The molecule has 112 valence electrons. The van der Waals surface area contributed by atoms with Crippen LogP contribution in [0.1, 0.15) is 18.9 Å². The van der Waals surface area contributed by atoms with Gasteiger partial charge in [0.25, 0.3) is 0 Å². The van der Waals surface area contributed by atoms with Crippen LogP contribution in [0.5, 0.6) is 5.75 Å². The summed E-state index contributed by atoms with van der Waals surface area (Å²) in [6, 6.07) is 6.03. The minimum absolute atomic E-state index is 0.531. The van der Waals surface area contributed by atoms with Crippen molar-refractivity contribution in [3.63, 3.8) is 0 Å². The highest BCUT2D eigenvalue weighted by Crippen LogP contribution is 2.37. The van der Waals surface area contributed by atoms with Crippen LogP contribution in [-0.2, 0) is 0 Å². The fourth-order valence-electron chi connectivity index (χ4n) is 2.44. The number of rotatable bonds is 4. The maximum Gasteiger partial charge on any atom is 0.165 e. The molecule has 1 saturated carbocycles. The molecular weight excluding hydrogens is 302 g/mol. The van der Waals surface area contributed by atoms with Gasteiger partial charge < -0.3 is 14.6 Å². The van der Waals surface area contributed by atoms with Gasteiger partial charge in [-0.05, 0) is 31.0 Å². The van der Waals surface area contributed by atoms with E-state index in [9.17, 15) is 0 Å². The number of fused-ring (bicyclic) bond motifs is 1. The molecule has 7 heteroatoms. The molecule has 0 aliphatic heterocycles.